The number of carboxylic acids is 1. The van der Waals surface area contributed by atoms with Gasteiger partial charge >= 0.3 is 5.97 Å². The standard InChI is InChI=1S/C16H19NO3/c1-3-5-11(2)10-20-15-9-8-12-13(16(18)19)6-4-7-14(12)17-15/h4,6-9,11H,3,5,10H2,1-2H3,(H,18,19). The SMILES string of the molecule is CCCC(C)COc1ccc2c(C(=O)O)cccc2n1. The lowest BCUT2D eigenvalue weighted by atomic mass is 10.1. The topological polar surface area (TPSA) is 59.4 Å². The van der Waals surface area contributed by atoms with E-state index in [0.717, 1.165) is 12.8 Å². The Hall–Kier alpha value is -2.10. The van der Waals surface area contributed by atoms with E-state index < -0.39 is 5.97 Å². The van der Waals surface area contributed by atoms with Crippen molar-refractivity contribution in [3.05, 3.63) is 35.9 Å². The van der Waals surface area contributed by atoms with Gasteiger partial charge in [-0.2, -0.15) is 0 Å². The van der Waals surface area contributed by atoms with Crippen molar-refractivity contribution in [2.45, 2.75) is 26.7 Å². The minimum atomic E-state index is -0.942. The quantitative estimate of drug-likeness (QED) is 0.870. The summed E-state index contributed by atoms with van der Waals surface area (Å²) < 4.78 is 5.67. The molecule has 0 radical (unpaired) electrons. The van der Waals surface area contributed by atoms with Gasteiger partial charge in [0.15, 0.2) is 0 Å². The second-order valence-electron chi connectivity index (χ2n) is 5.03. The van der Waals surface area contributed by atoms with E-state index in [-0.39, 0.29) is 5.56 Å². The van der Waals surface area contributed by atoms with Crippen LogP contribution in [0, 0.1) is 5.92 Å². The molecule has 1 aromatic heterocycles. The molecule has 4 heteroatoms. The van der Waals surface area contributed by atoms with Gasteiger partial charge in [-0.3, -0.25) is 0 Å². The van der Waals surface area contributed by atoms with E-state index in [1.54, 1.807) is 30.3 Å². The van der Waals surface area contributed by atoms with Gasteiger partial charge in [0.2, 0.25) is 5.88 Å². The lowest BCUT2D eigenvalue weighted by molar-refractivity contribution is 0.0699. The summed E-state index contributed by atoms with van der Waals surface area (Å²) in [5, 5.41) is 9.76. The molecule has 0 fully saturated rings. The minimum absolute atomic E-state index is 0.265. The van der Waals surface area contributed by atoms with Crippen molar-refractivity contribution < 1.29 is 14.6 Å². The summed E-state index contributed by atoms with van der Waals surface area (Å²) in [6.07, 6.45) is 2.26. The van der Waals surface area contributed by atoms with Crippen LogP contribution in [0.4, 0.5) is 0 Å². The third kappa shape index (κ3) is 3.26. The van der Waals surface area contributed by atoms with Gasteiger partial charge in [-0.1, -0.05) is 26.3 Å². The predicted molar refractivity (Wildman–Crippen MR) is 78.3 cm³/mol. The Kier molecular flexibility index (Phi) is 4.56. The number of carboxylic acid groups (broad SMARTS) is 1. The zero-order valence-electron chi connectivity index (χ0n) is 11.8. The normalized spacial score (nSPS) is 12.3. The molecule has 0 aliphatic rings. The number of hydrogen-bond acceptors (Lipinski definition) is 3. The maximum absolute atomic E-state index is 11.1. The highest BCUT2D eigenvalue weighted by atomic mass is 16.5. The van der Waals surface area contributed by atoms with Crippen LogP contribution >= 0.6 is 0 Å². The number of rotatable bonds is 6. The summed E-state index contributed by atoms with van der Waals surface area (Å²) in [7, 11) is 0. The van der Waals surface area contributed by atoms with Crippen LogP contribution in [0.1, 0.15) is 37.0 Å². The van der Waals surface area contributed by atoms with Crippen molar-refractivity contribution in [2.75, 3.05) is 6.61 Å². The summed E-state index contributed by atoms with van der Waals surface area (Å²) >= 11 is 0. The van der Waals surface area contributed by atoms with Gasteiger partial charge in [-0.25, -0.2) is 9.78 Å². The number of aromatic carboxylic acids is 1. The lowest BCUT2D eigenvalue weighted by Gasteiger charge is -2.12. The van der Waals surface area contributed by atoms with E-state index in [2.05, 4.69) is 18.8 Å². The van der Waals surface area contributed by atoms with Crippen LogP contribution in [0.2, 0.25) is 0 Å². The van der Waals surface area contributed by atoms with E-state index in [9.17, 15) is 4.79 Å². The molecule has 1 aromatic carbocycles. The molecule has 4 nitrogen and oxygen atoms in total. The average Bonchev–Trinajstić information content (AvgIpc) is 2.44. The highest BCUT2D eigenvalue weighted by Crippen LogP contribution is 2.21. The van der Waals surface area contributed by atoms with Gasteiger partial charge in [0.05, 0.1) is 17.7 Å². The van der Waals surface area contributed by atoms with E-state index in [4.69, 9.17) is 9.84 Å². The van der Waals surface area contributed by atoms with Gasteiger partial charge in [-0.05, 0) is 30.5 Å². The van der Waals surface area contributed by atoms with Crippen molar-refractivity contribution in [1.29, 1.82) is 0 Å². The zero-order chi connectivity index (χ0) is 14.5. The number of aromatic nitrogens is 1. The molecule has 106 valence electrons. The fraction of sp³-hybridized carbons (Fsp3) is 0.375. The molecule has 20 heavy (non-hydrogen) atoms. The first kappa shape index (κ1) is 14.3. The third-order valence-corrected chi connectivity index (χ3v) is 3.23. The molecule has 0 saturated heterocycles. The monoisotopic (exact) mass is 273 g/mol. The summed E-state index contributed by atoms with van der Waals surface area (Å²) in [6.45, 7) is 4.93. The molecule has 1 heterocycles. The summed E-state index contributed by atoms with van der Waals surface area (Å²) in [5.74, 6) is 0.0912. The van der Waals surface area contributed by atoms with Gasteiger partial charge in [0.1, 0.15) is 0 Å². The maximum atomic E-state index is 11.1. The number of hydrogen-bond donors (Lipinski definition) is 1. The Morgan fingerprint density at radius 1 is 1.35 bits per heavy atom. The Balaban J connectivity index is 2.20. The molecule has 1 atom stereocenters. The fourth-order valence-corrected chi connectivity index (χ4v) is 2.21. The molecule has 2 aromatic rings. The Bertz CT molecular complexity index is 610. The molecule has 1 unspecified atom stereocenters. The van der Waals surface area contributed by atoms with Crippen LogP contribution in [0.25, 0.3) is 10.9 Å². The van der Waals surface area contributed by atoms with Gasteiger partial charge in [0, 0.05) is 11.5 Å². The van der Waals surface area contributed by atoms with Crippen molar-refractivity contribution >= 4 is 16.9 Å². The molecule has 0 saturated carbocycles. The van der Waals surface area contributed by atoms with Crippen molar-refractivity contribution in [1.82, 2.24) is 4.98 Å². The van der Waals surface area contributed by atoms with Crippen LogP contribution in [0.5, 0.6) is 5.88 Å². The van der Waals surface area contributed by atoms with E-state index in [1.807, 2.05) is 0 Å². The second-order valence-corrected chi connectivity index (χ2v) is 5.03. The average molecular weight is 273 g/mol. The summed E-state index contributed by atoms with van der Waals surface area (Å²) in [4.78, 5) is 15.5. The smallest absolute Gasteiger partial charge is 0.336 e. The summed E-state index contributed by atoms with van der Waals surface area (Å²) in [5.41, 5.74) is 0.909. The molecule has 2 rings (SSSR count). The molecule has 0 spiro atoms. The zero-order valence-corrected chi connectivity index (χ0v) is 11.8. The number of ether oxygens (including phenoxy) is 1. The van der Waals surface area contributed by atoms with Gasteiger partial charge in [0.25, 0.3) is 0 Å². The number of fused-ring (bicyclic) bond motifs is 1. The van der Waals surface area contributed by atoms with Crippen LogP contribution in [0.3, 0.4) is 0 Å². The molecule has 0 amide bonds. The molecule has 0 bridgehead atoms. The molecular formula is C16H19NO3. The molecule has 1 N–H and O–H groups in total. The first-order chi connectivity index (χ1) is 9.61. The van der Waals surface area contributed by atoms with Gasteiger partial charge in [-0.15, -0.1) is 0 Å². The number of pyridine rings is 1. The van der Waals surface area contributed by atoms with Gasteiger partial charge < -0.3 is 9.84 Å². The van der Waals surface area contributed by atoms with Crippen LogP contribution in [0.15, 0.2) is 30.3 Å². The van der Waals surface area contributed by atoms with Crippen LogP contribution in [-0.2, 0) is 0 Å². The first-order valence-corrected chi connectivity index (χ1v) is 6.87. The maximum Gasteiger partial charge on any atom is 0.336 e. The predicted octanol–water partition coefficient (Wildman–Crippen LogP) is 3.75. The third-order valence-electron chi connectivity index (χ3n) is 3.23. The minimum Gasteiger partial charge on any atom is -0.478 e. The second kappa shape index (κ2) is 6.37. The molecule has 0 aliphatic carbocycles. The van der Waals surface area contributed by atoms with Crippen molar-refractivity contribution in [3.63, 3.8) is 0 Å². The van der Waals surface area contributed by atoms with Crippen LogP contribution < -0.4 is 4.74 Å². The van der Waals surface area contributed by atoms with Crippen LogP contribution in [-0.4, -0.2) is 22.7 Å². The summed E-state index contributed by atoms with van der Waals surface area (Å²) in [6, 6.07) is 8.56. The highest BCUT2D eigenvalue weighted by Gasteiger charge is 2.10. The highest BCUT2D eigenvalue weighted by molar-refractivity contribution is 6.02. The lowest BCUT2D eigenvalue weighted by Crippen LogP contribution is -2.09. The Labute approximate surface area is 118 Å². The Morgan fingerprint density at radius 3 is 2.85 bits per heavy atom. The largest absolute Gasteiger partial charge is 0.478 e. The fourth-order valence-electron chi connectivity index (χ4n) is 2.21. The molecular weight excluding hydrogens is 254 g/mol. The number of benzene rings is 1. The number of carbonyl (C=O) groups is 1. The van der Waals surface area contributed by atoms with E-state index >= 15 is 0 Å². The Morgan fingerprint density at radius 2 is 2.15 bits per heavy atom. The van der Waals surface area contributed by atoms with Crippen molar-refractivity contribution in [3.8, 4) is 5.88 Å². The number of nitrogens with zero attached hydrogens (tertiary/aromatic N) is 1. The molecule has 0 aliphatic heterocycles. The van der Waals surface area contributed by atoms with Crippen molar-refractivity contribution in [2.24, 2.45) is 5.92 Å². The van der Waals surface area contributed by atoms with E-state index in [0.29, 0.717) is 29.3 Å². The van der Waals surface area contributed by atoms with E-state index in [1.165, 1.54) is 0 Å². The first-order valence-electron chi connectivity index (χ1n) is 6.87.